The molecular formula is C22H19NO6S. The van der Waals surface area contributed by atoms with Crippen molar-refractivity contribution in [1.82, 2.24) is 5.32 Å². The van der Waals surface area contributed by atoms with Gasteiger partial charge in [0.25, 0.3) is 10.1 Å². The van der Waals surface area contributed by atoms with Crippen LogP contribution in [0.2, 0.25) is 0 Å². The van der Waals surface area contributed by atoms with Crippen molar-refractivity contribution in [3.63, 3.8) is 0 Å². The second-order valence-electron chi connectivity index (χ2n) is 6.71. The standard InChI is InChI=1S/C22H19NO6S/c24-22(23-14-29-20-11-5-6-12-21(20)30(25,26)27)28-13-19-17-9-3-1-7-15(17)16-8-2-4-10-18(16)19/h1-12,19H,13-14H2,(H,23,24)(H,25,26,27). The van der Waals surface area contributed by atoms with Crippen molar-refractivity contribution in [3.05, 3.63) is 83.9 Å². The Morgan fingerprint density at radius 3 is 2.10 bits per heavy atom. The first-order valence-corrected chi connectivity index (χ1v) is 10.7. The predicted octanol–water partition coefficient (Wildman–Crippen LogP) is 3.81. The lowest BCUT2D eigenvalue weighted by Crippen LogP contribution is -2.29. The summed E-state index contributed by atoms with van der Waals surface area (Å²) in [4.78, 5) is 11.7. The maximum absolute atomic E-state index is 12.1. The molecule has 0 bridgehead atoms. The zero-order valence-corrected chi connectivity index (χ0v) is 16.6. The minimum Gasteiger partial charge on any atom is -0.472 e. The molecular weight excluding hydrogens is 406 g/mol. The van der Waals surface area contributed by atoms with Crippen molar-refractivity contribution in [3.8, 4) is 16.9 Å². The van der Waals surface area contributed by atoms with Crippen molar-refractivity contribution in [1.29, 1.82) is 0 Å². The molecule has 1 amide bonds. The minimum atomic E-state index is -4.43. The molecule has 0 fully saturated rings. The topological polar surface area (TPSA) is 102 Å². The third-order valence-corrected chi connectivity index (χ3v) is 5.81. The lowest BCUT2D eigenvalue weighted by atomic mass is 9.98. The van der Waals surface area contributed by atoms with E-state index >= 15 is 0 Å². The van der Waals surface area contributed by atoms with Gasteiger partial charge in [0.1, 0.15) is 17.3 Å². The van der Waals surface area contributed by atoms with Crippen LogP contribution in [0.1, 0.15) is 17.0 Å². The summed E-state index contributed by atoms with van der Waals surface area (Å²) in [5.41, 5.74) is 4.47. The quantitative estimate of drug-likeness (QED) is 0.460. The van der Waals surface area contributed by atoms with Gasteiger partial charge in [-0.2, -0.15) is 8.42 Å². The molecule has 8 heteroatoms. The fourth-order valence-corrected chi connectivity index (χ4v) is 4.24. The Morgan fingerprint density at radius 1 is 0.900 bits per heavy atom. The number of amides is 1. The van der Waals surface area contributed by atoms with E-state index in [1.54, 1.807) is 6.07 Å². The van der Waals surface area contributed by atoms with Gasteiger partial charge in [-0.25, -0.2) is 4.79 Å². The van der Waals surface area contributed by atoms with Crippen molar-refractivity contribution >= 4 is 16.2 Å². The summed E-state index contributed by atoms with van der Waals surface area (Å²) in [6.07, 6.45) is -0.693. The van der Waals surface area contributed by atoms with Gasteiger partial charge in [0.2, 0.25) is 0 Å². The fourth-order valence-electron chi connectivity index (χ4n) is 3.60. The molecule has 30 heavy (non-hydrogen) atoms. The van der Waals surface area contributed by atoms with Gasteiger partial charge in [-0.3, -0.25) is 9.87 Å². The lowest BCUT2D eigenvalue weighted by molar-refractivity contribution is 0.133. The van der Waals surface area contributed by atoms with Gasteiger partial charge in [-0.15, -0.1) is 0 Å². The number of hydrogen-bond donors (Lipinski definition) is 2. The highest BCUT2D eigenvalue weighted by atomic mass is 32.2. The van der Waals surface area contributed by atoms with Crippen LogP contribution in [0.4, 0.5) is 4.79 Å². The van der Waals surface area contributed by atoms with E-state index < -0.39 is 16.2 Å². The molecule has 154 valence electrons. The number of carbonyl (C=O) groups is 1. The number of ether oxygens (including phenoxy) is 2. The number of para-hydroxylation sites is 1. The van der Waals surface area contributed by atoms with Crippen molar-refractivity contribution in [2.24, 2.45) is 0 Å². The third-order valence-electron chi connectivity index (χ3n) is 4.91. The van der Waals surface area contributed by atoms with Crippen LogP contribution in [0.15, 0.2) is 77.7 Å². The van der Waals surface area contributed by atoms with Gasteiger partial charge in [0.15, 0.2) is 6.73 Å². The Hall–Kier alpha value is -3.36. The van der Waals surface area contributed by atoms with Crippen LogP contribution in [0.25, 0.3) is 11.1 Å². The average molecular weight is 425 g/mol. The molecule has 1 aliphatic carbocycles. The summed E-state index contributed by atoms with van der Waals surface area (Å²) < 4.78 is 42.6. The molecule has 1 aliphatic rings. The van der Waals surface area contributed by atoms with Crippen LogP contribution in [0.5, 0.6) is 5.75 Å². The van der Waals surface area contributed by atoms with Crippen molar-refractivity contribution in [2.45, 2.75) is 10.8 Å². The molecule has 7 nitrogen and oxygen atoms in total. The molecule has 0 heterocycles. The number of hydrogen-bond acceptors (Lipinski definition) is 5. The van der Waals surface area contributed by atoms with Crippen molar-refractivity contribution < 1.29 is 27.2 Å². The van der Waals surface area contributed by atoms with E-state index in [1.165, 1.54) is 18.2 Å². The van der Waals surface area contributed by atoms with Crippen LogP contribution < -0.4 is 10.1 Å². The first kappa shape index (κ1) is 19.9. The Kier molecular flexibility index (Phi) is 5.43. The smallest absolute Gasteiger partial charge is 0.409 e. The second-order valence-corrected chi connectivity index (χ2v) is 8.10. The highest BCUT2D eigenvalue weighted by Gasteiger charge is 2.29. The molecule has 0 aromatic heterocycles. The Morgan fingerprint density at radius 2 is 1.47 bits per heavy atom. The number of fused-ring (bicyclic) bond motifs is 3. The number of nitrogens with one attached hydrogen (secondary N) is 1. The zero-order chi connectivity index (χ0) is 21.1. The first-order valence-electron chi connectivity index (χ1n) is 9.23. The maximum atomic E-state index is 12.1. The minimum absolute atomic E-state index is 0.0654. The number of benzene rings is 3. The molecule has 2 N–H and O–H groups in total. The SMILES string of the molecule is O=C(NCOc1ccccc1S(=O)(=O)O)OCC1c2ccccc2-c2ccccc21. The summed E-state index contributed by atoms with van der Waals surface area (Å²) in [5, 5.41) is 2.42. The summed E-state index contributed by atoms with van der Waals surface area (Å²) >= 11 is 0. The van der Waals surface area contributed by atoms with E-state index in [4.69, 9.17) is 9.47 Å². The molecule has 0 radical (unpaired) electrons. The number of carbonyl (C=O) groups excluding carboxylic acids is 1. The Balaban J connectivity index is 1.37. The highest BCUT2D eigenvalue weighted by Crippen LogP contribution is 2.44. The van der Waals surface area contributed by atoms with E-state index in [2.05, 4.69) is 17.4 Å². The third kappa shape index (κ3) is 4.00. The van der Waals surface area contributed by atoms with Crippen LogP contribution in [-0.4, -0.2) is 32.4 Å². The number of alkyl carbamates (subject to hydrolysis) is 1. The Labute approximate surface area is 174 Å². The molecule has 0 saturated heterocycles. The first-order chi connectivity index (χ1) is 14.4. The molecule has 0 saturated carbocycles. The number of rotatable bonds is 6. The average Bonchev–Trinajstić information content (AvgIpc) is 3.06. The molecule has 0 aliphatic heterocycles. The van der Waals surface area contributed by atoms with E-state index in [1.807, 2.05) is 36.4 Å². The molecule has 0 spiro atoms. The van der Waals surface area contributed by atoms with E-state index in [9.17, 15) is 17.8 Å². The van der Waals surface area contributed by atoms with Crippen LogP contribution >= 0.6 is 0 Å². The summed E-state index contributed by atoms with van der Waals surface area (Å²) in [7, 11) is -4.43. The van der Waals surface area contributed by atoms with Crippen LogP contribution in [-0.2, 0) is 14.9 Å². The highest BCUT2D eigenvalue weighted by molar-refractivity contribution is 7.86. The zero-order valence-electron chi connectivity index (χ0n) is 15.8. The monoisotopic (exact) mass is 425 g/mol. The van der Waals surface area contributed by atoms with Crippen molar-refractivity contribution in [2.75, 3.05) is 13.3 Å². The summed E-state index contributed by atoms with van der Waals surface area (Å²) in [6, 6.07) is 21.6. The van der Waals surface area contributed by atoms with Gasteiger partial charge in [0, 0.05) is 5.92 Å². The second kappa shape index (κ2) is 8.17. The molecule has 4 rings (SSSR count). The van der Waals surface area contributed by atoms with E-state index in [0.717, 1.165) is 22.3 Å². The van der Waals surface area contributed by atoms with E-state index in [0.29, 0.717) is 0 Å². The van der Waals surface area contributed by atoms with Gasteiger partial charge < -0.3 is 9.47 Å². The summed E-state index contributed by atoms with van der Waals surface area (Å²) in [6.45, 7) is -0.162. The maximum Gasteiger partial charge on any atom is 0.409 e. The van der Waals surface area contributed by atoms with Gasteiger partial charge >= 0.3 is 6.09 Å². The van der Waals surface area contributed by atoms with Crippen LogP contribution in [0.3, 0.4) is 0 Å². The lowest BCUT2D eigenvalue weighted by Gasteiger charge is -2.15. The predicted molar refractivity (Wildman–Crippen MR) is 110 cm³/mol. The largest absolute Gasteiger partial charge is 0.472 e. The molecule has 0 atom stereocenters. The van der Waals surface area contributed by atoms with E-state index in [-0.39, 0.29) is 29.9 Å². The Bertz CT molecular complexity index is 1150. The molecule has 0 unspecified atom stereocenters. The molecule has 3 aromatic rings. The summed E-state index contributed by atoms with van der Waals surface area (Å²) in [5.74, 6) is -0.136. The van der Waals surface area contributed by atoms with Gasteiger partial charge in [-0.05, 0) is 34.4 Å². The normalized spacial score (nSPS) is 12.7. The fraction of sp³-hybridized carbons (Fsp3) is 0.136. The van der Waals surface area contributed by atoms with Gasteiger partial charge in [0.05, 0.1) is 0 Å². The molecule has 3 aromatic carbocycles. The van der Waals surface area contributed by atoms with Crippen LogP contribution in [0, 0.1) is 0 Å². The van der Waals surface area contributed by atoms with Gasteiger partial charge in [-0.1, -0.05) is 60.7 Å².